The van der Waals surface area contributed by atoms with Crippen molar-refractivity contribution < 1.29 is 43.9 Å². The number of hydrogen-bond donors (Lipinski definition) is 0. The summed E-state index contributed by atoms with van der Waals surface area (Å²) in [6, 6.07) is 29.8. The van der Waals surface area contributed by atoms with Gasteiger partial charge in [-0.25, -0.2) is 16.8 Å². The van der Waals surface area contributed by atoms with E-state index in [4.69, 9.17) is 13.0 Å². The van der Waals surface area contributed by atoms with Crippen molar-refractivity contribution in [3.05, 3.63) is 113 Å². The van der Waals surface area contributed by atoms with Gasteiger partial charge in [-0.2, -0.15) is 22.0 Å². The first-order chi connectivity index (χ1) is 19.6. The SMILES string of the molecule is C[n+]1c2ccccc2c(C(=O)N(c2ccccc2)S(=O)(=O)c2ccc(Br)cc2)c2ccccc21.O=S(=O)([O-])C(F)(F)F. The Labute approximate surface area is 247 Å². The normalized spacial score (nSPS) is 12.0. The molecule has 8 nitrogen and oxygen atoms in total. The van der Waals surface area contributed by atoms with Gasteiger partial charge in [-0.05, 0) is 48.5 Å². The molecule has 0 atom stereocenters. The van der Waals surface area contributed by atoms with E-state index in [1.54, 1.807) is 42.5 Å². The van der Waals surface area contributed by atoms with Crippen LogP contribution in [0.5, 0.6) is 0 Å². The lowest BCUT2D eigenvalue weighted by Crippen LogP contribution is -2.38. The van der Waals surface area contributed by atoms with Crippen molar-refractivity contribution in [2.75, 3.05) is 4.31 Å². The molecule has 42 heavy (non-hydrogen) atoms. The molecule has 0 fully saturated rings. The van der Waals surface area contributed by atoms with Crippen molar-refractivity contribution in [1.82, 2.24) is 0 Å². The van der Waals surface area contributed by atoms with Gasteiger partial charge >= 0.3 is 5.51 Å². The fraction of sp³-hybridized carbons (Fsp3) is 0.0714. The lowest BCUT2D eigenvalue weighted by atomic mass is 10.0. The molecule has 0 bridgehead atoms. The summed E-state index contributed by atoms with van der Waals surface area (Å²) >= 11 is 3.34. The molecule has 0 radical (unpaired) electrons. The lowest BCUT2D eigenvalue weighted by molar-refractivity contribution is -0.617. The predicted octanol–water partition coefficient (Wildman–Crippen LogP) is 5.67. The summed E-state index contributed by atoms with van der Waals surface area (Å²) in [6.07, 6.45) is 0. The molecule has 1 amide bonds. The Morgan fingerprint density at radius 3 is 1.64 bits per heavy atom. The van der Waals surface area contributed by atoms with Gasteiger partial charge in [-0.3, -0.25) is 4.79 Å². The van der Waals surface area contributed by atoms with Crippen molar-refractivity contribution in [2.45, 2.75) is 10.4 Å². The summed E-state index contributed by atoms with van der Waals surface area (Å²) < 4.78 is 90.3. The number of carbonyl (C=O) groups is 1. The molecule has 0 aliphatic heterocycles. The molecule has 0 N–H and O–H groups in total. The van der Waals surface area contributed by atoms with Crippen LogP contribution in [0.1, 0.15) is 10.4 Å². The summed E-state index contributed by atoms with van der Waals surface area (Å²) in [5, 5.41) is 1.36. The van der Waals surface area contributed by atoms with Gasteiger partial charge in [-0.15, -0.1) is 0 Å². The minimum absolute atomic E-state index is 0.0306. The van der Waals surface area contributed by atoms with E-state index >= 15 is 0 Å². The van der Waals surface area contributed by atoms with E-state index in [1.807, 2.05) is 60.1 Å². The van der Waals surface area contributed by atoms with Crippen LogP contribution in [0.25, 0.3) is 21.8 Å². The fourth-order valence-corrected chi connectivity index (χ4v) is 5.87. The summed E-state index contributed by atoms with van der Waals surface area (Å²) in [7, 11) is -8.36. The van der Waals surface area contributed by atoms with E-state index in [1.165, 1.54) is 12.1 Å². The van der Waals surface area contributed by atoms with Crippen molar-refractivity contribution in [2.24, 2.45) is 7.05 Å². The molecule has 4 aromatic carbocycles. The molecule has 14 heteroatoms. The molecule has 5 rings (SSSR count). The maximum Gasteiger partial charge on any atom is 0.485 e. The minimum Gasteiger partial charge on any atom is -0.741 e. The first-order valence-electron chi connectivity index (χ1n) is 11.9. The number of halogens is 4. The maximum absolute atomic E-state index is 14.3. The number of para-hydroxylation sites is 3. The van der Waals surface area contributed by atoms with Crippen LogP contribution >= 0.6 is 15.9 Å². The van der Waals surface area contributed by atoms with Gasteiger partial charge in [0, 0.05) is 16.6 Å². The quantitative estimate of drug-likeness (QED) is 0.105. The zero-order valence-corrected chi connectivity index (χ0v) is 24.7. The first-order valence-corrected chi connectivity index (χ1v) is 15.5. The highest BCUT2D eigenvalue weighted by Crippen LogP contribution is 2.31. The third kappa shape index (κ3) is 6.16. The second kappa shape index (κ2) is 11.8. The van der Waals surface area contributed by atoms with Crippen LogP contribution < -0.4 is 8.87 Å². The van der Waals surface area contributed by atoms with E-state index in [-0.39, 0.29) is 10.6 Å². The number of hydrogen-bond acceptors (Lipinski definition) is 6. The summed E-state index contributed by atoms with van der Waals surface area (Å²) in [5.41, 5.74) is -3.37. The van der Waals surface area contributed by atoms with Gasteiger partial charge in [0.25, 0.3) is 15.9 Å². The molecule has 0 aliphatic rings. The van der Waals surface area contributed by atoms with Crippen LogP contribution in [-0.2, 0) is 27.2 Å². The molecule has 0 unspecified atom stereocenters. The molecule has 0 aliphatic carbocycles. The number of nitrogens with zero attached hydrogens (tertiary/aromatic N) is 2. The highest BCUT2D eigenvalue weighted by molar-refractivity contribution is 9.10. The summed E-state index contributed by atoms with van der Waals surface area (Å²) in [4.78, 5) is 14.3. The van der Waals surface area contributed by atoms with Gasteiger partial charge in [0.15, 0.2) is 10.1 Å². The second-order valence-electron chi connectivity index (χ2n) is 8.73. The zero-order valence-electron chi connectivity index (χ0n) is 21.5. The van der Waals surface area contributed by atoms with Gasteiger partial charge in [0.1, 0.15) is 7.05 Å². The van der Waals surface area contributed by atoms with Crippen molar-refractivity contribution in [3.63, 3.8) is 0 Å². The third-order valence-corrected chi connectivity index (χ3v) is 8.91. The van der Waals surface area contributed by atoms with Gasteiger partial charge < -0.3 is 4.55 Å². The number of benzene rings is 4. The van der Waals surface area contributed by atoms with Crippen LogP contribution in [0, 0.1) is 0 Å². The number of aryl methyl sites for hydroxylation is 1. The number of carbonyl (C=O) groups excluding carboxylic acids is 1. The average Bonchev–Trinajstić information content (AvgIpc) is 2.93. The second-order valence-corrected chi connectivity index (χ2v) is 12.8. The zero-order chi connectivity index (χ0) is 30.9. The maximum atomic E-state index is 14.3. The number of aromatic nitrogens is 1. The smallest absolute Gasteiger partial charge is 0.485 e. The largest absolute Gasteiger partial charge is 0.741 e. The van der Waals surface area contributed by atoms with E-state index in [2.05, 4.69) is 15.9 Å². The standard InChI is InChI=1S/C27H20BrN2O3S.CHF3O3S/c1-29-24-13-7-5-11-22(24)26(23-12-6-8-14-25(23)29)27(31)30(20-9-3-2-4-10-20)34(32,33)21-17-15-19(28)16-18-21;2-1(3,4)8(5,6)7/h2-18H,1H3;(H,5,6,7)/q+1;/p-1. The molecule has 5 aromatic rings. The van der Waals surface area contributed by atoms with Crippen molar-refractivity contribution in [1.29, 1.82) is 0 Å². The van der Waals surface area contributed by atoms with Crippen LogP contribution in [-0.4, -0.2) is 32.8 Å². The lowest BCUT2D eigenvalue weighted by Gasteiger charge is -2.24. The molecule has 0 saturated heterocycles. The monoisotopic (exact) mass is 680 g/mol. The molecule has 218 valence electrons. The summed E-state index contributed by atoms with van der Waals surface area (Å²) in [6.45, 7) is 0. The highest BCUT2D eigenvalue weighted by atomic mass is 79.9. The molecular formula is C28H20BrF3N2O6S2. The molecular weight excluding hydrogens is 661 g/mol. The molecule has 1 heterocycles. The number of pyridine rings is 1. The predicted molar refractivity (Wildman–Crippen MR) is 153 cm³/mol. The van der Waals surface area contributed by atoms with Crippen molar-refractivity contribution >= 4 is 69.5 Å². The first kappa shape index (κ1) is 31.1. The van der Waals surface area contributed by atoms with Gasteiger partial charge in [-0.1, -0.05) is 58.4 Å². The summed E-state index contributed by atoms with van der Waals surface area (Å²) in [5.74, 6) is -0.609. The topological polar surface area (TPSA) is 116 Å². The average molecular weight is 682 g/mol. The van der Waals surface area contributed by atoms with E-state index in [0.29, 0.717) is 16.3 Å². The minimum atomic E-state index is -6.09. The van der Waals surface area contributed by atoms with Gasteiger partial charge in [0.2, 0.25) is 11.0 Å². The highest BCUT2D eigenvalue weighted by Gasteiger charge is 2.37. The Kier molecular flexibility index (Phi) is 8.73. The number of anilines is 1. The molecule has 0 spiro atoms. The third-order valence-electron chi connectivity index (χ3n) is 6.09. The number of sulfonamides is 1. The van der Waals surface area contributed by atoms with E-state index in [9.17, 15) is 26.4 Å². The molecule has 1 aromatic heterocycles. The van der Waals surface area contributed by atoms with Crippen LogP contribution in [0.2, 0.25) is 0 Å². The van der Waals surface area contributed by atoms with Gasteiger partial charge in [0.05, 0.1) is 26.9 Å². The Bertz CT molecular complexity index is 1950. The number of amides is 1. The van der Waals surface area contributed by atoms with E-state index in [0.717, 1.165) is 19.8 Å². The van der Waals surface area contributed by atoms with Crippen LogP contribution in [0.15, 0.2) is 112 Å². The Balaban J connectivity index is 0.000000446. The van der Waals surface area contributed by atoms with Crippen LogP contribution in [0.3, 0.4) is 0 Å². The van der Waals surface area contributed by atoms with E-state index < -0.39 is 31.6 Å². The van der Waals surface area contributed by atoms with Crippen molar-refractivity contribution in [3.8, 4) is 0 Å². The number of alkyl halides is 3. The Hall–Kier alpha value is -3.85. The number of fused-ring (bicyclic) bond motifs is 2. The Morgan fingerprint density at radius 1 is 0.762 bits per heavy atom. The number of rotatable bonds is 4. The van der Waals surface area contributed by atoms with Crippen LogP contribution in [0.4, 0.5) is 18.9 Å². The molecule has 0 saturated carbocycles. The fourth-order valence-electron chi connectivity index (χ4n) is 4.20. The Morgan fingerprint density at radius 2 is 1.19 bits per heavy atom.